The zero-order chi connectivity index (χ0) is 20.2. The van der Waals surface area contributed by atoms with E-state index in [9.17, 15) is 26.4 Å². The Morgan fingerprint density at radius 2 is 1.85 bits per heavy atom. The summed E-state index contributed by atoms with van der Waals surface area (Å²) < 4.78 is 65.4. The van der Waals surface area contributed by atoms with Gasteiger partial charge in [0.15, 0.2) is 9.84 Å². The van der Waals surface area contributed by atoms with E-state index >= 15 is 0 Å². The van der Waals surface area contributed by atoms with Gasteiger partial charge >= 0.3 is 12.3 Å². The van der Waals surface area contributed by atoms with Crippen molar-refractivity contribution in [2.45, 2.75) is 17.5 Å². The molecule has 0 radical (unpaired) electrons. The first-order valence-electron chi connectivity index (χ1n) is 7.59. The third kappa shape index (κ3) is 6.48. The van der Waals surface area contributed by atoms with E-state index in [0.29, 0.717) is 11.1 Å². The molecular formula is C17H16F3NO5S. The number of anilines is 1. The van der Waals surface area contributed by atoms with Crippen molar-refractivity contribution in [1.82, 2.24) is 0 Å². The third-order valence-corrected chi connectivity index (χ3v) is 4.52. The number of carbonyl (C=O) groups is 1. The Morgan fingerprint density at radius 3 is 2.44 bits per heavy atom. The van der Waals surface area contributed by atoms with Gasteiger partial charge in [-0.25, -0.2) is 13.2 Å². The summed E-state index contributed by atoms with van der Waals surface area (Å²) in [4.78, 5) is 10.9. The number of nitrogens with one attached hydrogen (secondary N) is 1. The average molecular weight is 403 g/mol. The predicted molar refractivity (Wildman–Crippen MR) is 92.8 cm³/mol. The van der Waals surface area contributed by atoms with Gasteiger partial charge in [0.1, 0.15) is 5.75 Å². The van der Waals surface area contributed by atoms with Crippen molar-refractivity contribution in [2.24, 2.45) is 0 Å². The molecule has 0 bridgehead atoms. The van der Waals surface area contributed by atoms with Crippen molar-refractivity contribution in [2.75, 3.05) is 18.2 Å². The highest BCUT2D eigenvalue weighted by molar-refractivity contribution is 7.90. The topological polar surface area (TPSA) is 92.7 Å². The molecule has 1 amide bonds. The van der Waals surface area contributed by atoms with E-state index in [1.165, 1.54) is 36.4 Å². The monoisotopic (exact) mass is 403 g/mol. The summed E-state index contributed by atoms with van der Waals surface area (Å²) in [6, 6.07) is 9.96. The zero-order valence-electron chi connectivity index (χ0n) is 14.1. The van der Waals surface area contributed by atoms with Crippen molar-refractivity contribution in [3.05, 3.63) is 42.5 Å². The number of alkyl halides is 3. The molecule has 2 aromatic carbocycles. The highest BCUT2D eigenvalue weighted by Crippen LogP contribution is 2.30. The molecule has 0 fully saturated rings. The molecule has 0 spiro atoms. The molecule has 2 rings (SSSR count). The highest BCUT2D eigenvalue weighted by Gasteiger charge is 2.26. The van der Waals surface area contributed by atoms with E-state index in [4.69, 9.17) is 9.84 Å². The van der Waals surface area contributed by atoms with Crippen LogP contribution in [0.1, 0.15) is 6.42 Å². The molecule has 0 aromatic heterocycles. The standard InChI is InChI=1S/C17H16F3NO5S/c1-27(24,25)15-4-2-3-11(9-15)12-7-13(21-16(22)23)10-14(8-12)26-6-5-17(18,19)20/h2-4,7-10,21H,5-6H2,1H3,(H,22,23). The summed E-state index contributed by atoms with van der Waals surface area (Å²) in [5.41, 5.74) is 0.896. The van der Waals surface area contributed by atoms with Crippen LogP contribution in [0.4, 0.5) is 23.7 Å². The van der Waals surface area contributed by atoms with Crippen LogP contribution in [0, 0.1) is 0 Å². The Bertz CT molecular complexity index is 942. The van der Waals surface area contributed by atoms with Crippen LogP contribution in [-0.4, -0.2) is 38.7 Å². The minimum atomic E-state index is -4.39. The first-order valence-corrected chi connectivity index (χ1v) is 9.48. The smallest absolute Gasteiger partial charge is 0.409 e. The van der Waals surface area contributed by atoms with Crippen LogP contribution in [-0.2, 0) is 9.84 Å². The highest BCUT2D eigenvalue weighted by atomic mass is 32.2. The Balaban J connectivity index is 2.40. The Morgan fingerprint density at radius 1 is 1.15 bits per heavy atom. The fraction of sp³-hybridized carbons (Fsp3) is 0.235. The van der Waals surface area contributed by atoms with Crippen LogP contribution in [0.25, 0.3) is 11.1 Å². The molecule has 2 N–H and O–H groups in total. The van der Waals surface area contributed by atoms with E-state index in [0.717, 1.165) is 6.26 Å². The van der Waals surface area contributed by atoms with E-state index in [-0.39, 0.29) is 16.3 Å². The number of ether oxygens (including phenoxy) is 1. The number of halogens is 3. The van der Waals surface area contributed by atoms with Crippen LogP contribution in [0.5, 0.6) is 5.75 Å². The molecule has 0 aliphatic carbocycles. The number of carboxylic acid groups (broad SMARTS) is 1. The lowest BCUT2D eigenvalue weighted by molar-refractivity contribution is -0.139. The first-order chi connectivity index (χ1) is 12.4. The van der Waals surface area contributed by atoms with Gasteiger partial charge in [0.25, 0.3) is 0 Å². The van der Waals surface area contributed by atoms with E-state index in [1.807, 2.05) is 0 Å². The van der Waals surface area contributed by atoms with Gasteiger partial charge in [-0.05, 0) is 35.4 Å². The van der Waals surface area contributed by atoms with Crippen molar-refractivity contribution in [3.8, 4) is 16.9 Å². The van der Waals surface area contributed by atoms with Crippen LogP contribution < -0.4 is 10.1 Å². The second-order valence-electron chi connectivity index (χ2n) is 5.69. The molecular weight excluding hydrogens is 387 g/mol. The molecule has 0 aliphatic heterocycles. The quantitative estimate of drug-likeness (QED) is 0.755. The van der Waals surface area contributed by atoms with Crippen molar-refractivity contribution in [1.29, 1.82) is 0 Å². The van der Waals surface area contributed by atoms with E-state index in [1.54, 1.807) is 6.07 Å². The lowest BCUT2D eigenvalue weighted by atomic mass is 10.0. The largest absolute Gasteiger partial charge is 0.493 e. The summed E-state index contributed by atoms with van der Waals surface area (Å²) in [7, 11) is -3.47. The summed E-state index contributed by atoms with van der Waals surface area (Å²) in [6.45, 7) is -0.636. The van der Waals surface area contributed by atoms with Crippen molar-refractivity contribution in [3.63, 3.8) is 0 Å². The minimum absolute atomic E-state index is 0.0188. The van der Waals surface area contributed by atoms with Gasteiger partial charge in [-0.15, -0.1) is 0 Å². The number of rotatable bonds is 6. The van der Waals surface area contributed by atoms with Crippen LogP contribution in [0.2, 0.25) is 0 Å². The molecule has 0 saturated carbocycles. The molecule has 6 nitrogen and oxygen atoms in total. The normalized spacial score (nSPS) is 11.9. The van der Waals surface area contributed by atoms with Crippen LogP contribution in [0.3, 0.4) is 0 Å². The summed E-state index contributed by atoms with van der Waals surface area (Å²) >= 11 is 0. The molecule has 0 atom stereocenters. The third-order valence-electron chi connectivity index (χ3n) is 3.41. The Kier molecular flexibility index (Phi) is 5.99. The van der Waals surface area contributed by atoms with Gasteiger partial charge in [0.05, 0.1) is 17.9 Å². The number of benzene rings is 2. The maximum absolute atomic E-state index is 12.3. The predicted octanol–water partition coefficient (Wildman–Crippen LogP) is 4.18. The van der Waals surface area contributed by atoms with Gasteiger partial charge in [-0.1, -0.05) is 12.1 Å². The molecule has 0 heterocycles. The number of hydrogen-bond acceptors (Lipinski definition) is 4. The SMILES string of the molecule is CS(=O)(=O)c1cccc(-c2cc(NC(=O)O)cc(OCCC(F)(F)F)c2)c1. The number of sulfone groups is 1. The van der Waals surface area contributed by atoms with Gasteiger partial charge in [-0.3, -0.25) is 5.32 Å². The molecule has 27 heavy (non-hydrogen) atoms. The van der Waals surface area contributed by atoms with Gasteiger partial charge in [0, 0.05) is 18.0 Å². The Hall–Kier alpha value is -2.75. The number of hydrogen-bond donors (Lipinski definition) is 2. The minimum Gasteiger partial charge on any atom is -0.493 e. The molecule has 0 saturated heterocycles. The van der Waals surface area contributed by atoms with E-state index in [2.05, 4.69) is 5.32 Å². The second kappa shape index (κ2) is 7.87. The molecule has 0 unspecified atom stereocenters. The zero-order valence-corrected chi connectivity index (χ0v) is 14.9. The maximum Gasteiger partial charge on any atom is 0.409 e. The fourth-order valence-electron chi connectivity index (χ4n) is 2.24. The van der Waals surface area contributed by atoms with Crippen LogP contribution in [0.15, 0.2) is 47.4 Å². The summed E-state index contributed by atoms with van der Waals surface area (Å²) in [6.07, 6.45) is -5.87. The lowest BCUT2D eigenvalue weighted by Crippen LogP contribution is -2.13. The molecule has 146 valence electrons. The first kappa shape index (κ1) is 20.6. The van der Waals surface area contributed by atoms with E-state index < -0.39 is 35.1 Å². The van der Waals surface area contributed by atoms with Crippen molar-refractivity contribution >= 4 is 21.6 Å². The molecule has 10 heteroatoms. The van der Waals surface area contributed by atoms with Crippen molar-refractivity contribution < 1.29 is 36.2 Å². The second-order valence-corrected chi connectivity index (χ2v) is 7.71. The maximum atomic E-state index is 12.3. The van der Waals surface area contributed by atoms with Gasteiger partial charge < -0.3 is 9.84 Å². The summed E-state index contributed by atoms with van der Waals surface area (Å²) in [5.74, 6) is 0.0188. The van der Waals surface area contributed by atoms with Crippen LogP contribution >= 0.6 is 0 Å². The molecule has 0 aliphatic rings. The average Bonchev–Trinajstić information content (AvgIpc) is 2.52. The Labute approximate surface area is 153 Å². The molecule has 2 aromatic rings. The summed E-state index contributed by atoms with van der Waals surface area (Å²) in [5, 5.41) is 11.0. The lowest BCUT2D eigenvalue weighted by Gasteiger charge is -2.13. The fourth-order valence-corrected chi connectivity index (χ4v) is 2.90. The van der Waals surface area contributed by atoms with Gasteiger partial charge in [0.2, 0.25) is 0 Å². The number of amides is 1. The van der Waals surface area contributed by atoms with Gasteiger partial charge in [-0.2, -0.15) is 13.2 Å².